The third-order valence-corrected chi connectivity index (χ3v) is 3.40. The highest BCUT2D eigenvalue weighted by Crippen LogP contribution is 2.07. The zero-order valence-corrected chi connectivity index (χ0v) is 16.9. The zero-order chi connectivity index (χ0) is 17.0. The van der Waals surface area contributed by atoms with Crippen molar-refractivity contribution in [2.75, 3.05) is 33.3 Å². The van der Waals surface area contributed by atoms with Gasteiger partial charge >= 0.3 is 0 Å². The molecule has 2 rings (SSSR count). The molecule has 0 aliphatic carbocycles. The van der Waals surface area contributed by atoms with Crippen LogP contribution in [-0.2, 0) is 6.42 Å². The Morgan fingerprint density at radius 2 is 2.08 bits per heavy atom. The lowest BCUT2D eigenvalue weighted by Crippen LogP contribution is -2.41. The van der Waals surface area contributed by atoms with Crippen molar-refractivity contribution in [3.63, 3.8) is 0 Å². The van der Waals surface area contributed by atoms with Crippen LogP contribution in [-0.4, -0.2) is 44.1 Å². The van der Waals surface area contributed by atoms with Gasteiger partial charge in [-0.1, -0.05) is 24.3 Å². The smallest absolute Gasteiger partial charge is 0.194 e. The molecule has 25 heavy (non-hydrogen) atoms. The number of nitrogens with zero attached hydrogens (tertiary/aromatic N) is 2. The Hall–Kier alpha value is -1.96. The van der Waals surface area contributed by atoms with Crippen molar-refractivity contribution in [1.82, 2.24) is 10.2 Å². The van der Waals surface area contributed by atoms with Crippen LogP contribution >= 0.6 is 24.0 Å². The fourth-order valence-electron chi connectivity index (χ4n) is 2.12. The topological polar surface area (TPSA) is 50.0 Å². The number of furan rings is 1. The molecular weight excluding hydrogens is 429 g/mol. The Morgan fingerprint density at radius 3 is 2.76 bits per heavy atom. The number of nitrogens with one attached hydrogen (secondary N) is 1. The van der Waals surface area contributed by atoms with E-state index < -0.39 is 0 Å². The fourth-order valence-corrected chi connectivity index (χ4v) is 2.12. The largest absolute Gasteiger partial charge is 0.492 e. The maximum Gasteiger partial charge on any atom is 0.194 e. The van der Waals surface area contributed by atoms with Gasteiger partial charge in [-0.05, 0) is 24.3 Å². The van der Waals surface area contributed by atoms with Crippen molar-refractivity contribution in [3.8, 4) is 5.75 Å². The summed E-state index contributed by atoms with van der Waals surface area (Å²) >= 11 is 0. The maximum absolute atomic E-state index is 5.74. The first-order chi connectivity index (χ1) is 11.8. The summed E-state index contributed by atoms with van der Waals surface area (Å²) in [6.45, 7) is 6.40. The highest BCUT2D eigenvalue weighted by atomic mass is 127. The first-order valence-electron chi connectivity index (χ1n) is 8.10. The maximum atomic E-state index is 5.74. The number of benzene rings is 1. The normalized spacial score (nSPS) is 10.7. The highest BCUT2D eigenvalue weighted by Gasteiger charge is 2.06. The summed E-state index contributed by atoms with van der Waals surface area (Å²) in [5.41, 5.74) is 0. The molecule has 0 bridgehead atoms. The van der Waals surface area contributed by atoms with Gasteiger partial charge in [-0.15, -0.1) is 30.6 Å². The number of para-hydroxylation sites is 1. The molecular formula is C19H26IN3O2. The van der Waals surface area contributed by atoms with Crippen LogP contribution in [0, 0.1) is 0 Å². The molecule has 0 unspecified atom stereocenters. The van der Waals surface area contributed by atoms with Crippen LogP contribution in [0.3, 0.4) is 0 Å². The molecule has 1 aromatic carbocycles. The summed E-state index contributed by atoms with van der Waals surface area (Å²) in [5.74, 6) is 2.65. The molecule has 136 valence electrons. The minimum Gasteiger partial charge on any atom is -0.492 e. The van der Waals surface area contributed by atoms with Crippen molar-refractivity contribution >= 4 is 29.9 Å². The lowest BCUT2D eigenvalue weighted by molar-refractivity contribution is 0.281. The summed E-state index contributed by atoms with van der Waals surface area (Å²) < 4.78 is 11.1. The summed E-state index contributed by atoms with van der Waals surface area (Å²) in [4.78, 5) is 6.68. The Balaban J connectivity index is 0.00000312. The molecule has 0 spiro atoms. The SMILES string of the molecule is C=CCNC(=NCCc1ccco1)N(C)CCOc1ccccc1.I. The van der Waals surface area contributed by atoms with E-state index in [1.54, 1.807) is 6.26 Å². The Morgan fingerprint density at radius 1 is 1.28 bits per heavy atom. The average Bonchev–Trinajstić information content (AvgIpc) is 3.12. The predicted octanol–water partition coefficient (Wildman–Crippen LogP) is 3.58. The Kier molecular flexibility index (Phi) is 10.5. The van der Waals surface area contributed by atoms with Crippen LogP contribution in [0.5, 0.6) is 5.75 Å². The molecule has 0 aliphatic rings. The van der Waals surface area contributed by atoms with E-state index >= 15 is 0 Å². The summed E-state index contributed by atoms with van der Waals surface area (Å²) in [6.07, 6.45) is 4.28. The summed E-state index contributed by atoms with van der Waals surface area (Å²) in [6, 6.07) is 13.7. The molecule has 5 nitrogen and oxygen atoms in total. The van der Waals surface area contributed by atoms with Crippen molar-refractivity contribution in [2.24, 2.45) is 4.99 Å². The van der Waals surface area contributed by atoms with E-state index in [-0.39, 0.29) is 24.0 Å². The van der Waals surface area contributed by atoms with E-state index in [0.717, 1.165) is 30.4 Å². The van der Waals surface area contributed by atoms with E-state index in [9.17, 15) is 0 Å². The summed E-state index contributed by atoms with van der Waals surface area (Å²) in [5, 5.41) is 3.27. The van der Waals surface area contributed by atoms with Crippen molar-refractivity contribution in [1.29, 1.82) is 0 Å². The Bertz CT molecular complexity index is 615. The molecule has 0 fully saturated rings. The van der Waals surface area contributed by atoms with Gasteiger partial charge < -0.3 is 19.4 Å². The van der Waals surface area contributed by atoms with Crippen LogP contribution in [0.1, 0.15) is 5.76 Å². The van der Waals surface area contributed by atoms with Crippen LogP contribution in [0.25, 0.3) is 0 Å². The molecule has 1 N–H and O–H groups in total. The lowest BCUT2D eigenvalue weighted by Gasteiger charge is -2.22. The van der Waals surface area contributed by atoms with E-state index in [1.165, 1.54) is 0 Å². The number of hydrogen-bond acceptors (Lipinski definition) is 3. The summed E-state index contributed by atoms with van der Waals surface area (Å²) in [7, 11) is 2.00. The van der Waals surface area contributed by atoms with Crippen molar-refractivity contribution < 1.29 is 9.15 Å². The first kappa shape index (κ1) is 21.1. The third-order valence-electron chi connectivity index (χ3n) is 3.40. The standard InChI is InChI=1S/C19H25N3O2.HI/c1-3-12-20-19(21-13-11-18-10-7-15-23-18)22(2)14-16-24-17-8-5-4-6-9-17;/h3-10,15H,1,11-14,16H2,2H3,(H,20,21);1H. The molecule has 0 atom stereocenters. The van der Waals surface area contributed by atoms with Gasteiger partial charge in [0.15, 0.2) is 5.96 Å². The van der Waals surface area contributed by atoms with Crippen LogP contribution in [0.4, 0.5) is 0 Å². The molecule has 0 saturated carbocycles. The molecule has 6 heteroatoms. The fraction of sp³-hybridized carbons (Fsp3) is 0.316. The van der Waals surface area contributed by atoms with Crippen molar-refractivity contribution in [3.05, 3.63) is 67.1 Å². The molecule has 1 aromatic heterocycles. The van der Waals surface area contributed by atoms with E-state index in [0.29, 0.717) is 19.7 Å². The van der Waals surface area contributed by atoms with Crippen LogP contribution in [0.2, 0.25) is 0 Å². The van der Waals surface area contributed by atoms with Crippen molar-refractivity contribution in [2.45, 2.75) is 6.42 Å². The van der Waals surface area contributed by atoms with Gasteiger partial charge in [0, 0.05) is 26.6 Å². The predicted molar refractivity (Wildman–Crippen MR) is 113 cm³/mol. The lowest BCUT2D eigenvalue weighted by atomic mass is 10.3. The number of rotatable bonds is 9. The molecule has 0 radical (unpaired) electrons. The number of aliphatic imine (C=N–C) groups is 1. The second-order valence-electron chi connectivity index (χ2n) is 5.29. The molecule has 0 amide bonds. The van der Waals surface area contributed by atoms with Gasteiger partial charge in [-0.2, -0.15) is 0 Å². The van der Waals surface area contributed by atoms with Gasteiger partial charge in [0.1, 0.15) is 18.1 Å². The van der Waals surface area contributed by atoms with Gasteiger partial charge in [0.25, 0.3) is 0 Å². The number of halogens is 1. The van der Waals surface area contributed by atoms with Gasteiger partial charge in [-0.3, -0.25) is 4.99 Å². The number of hydrogen-bond donors (Lipinski definition) is 1. The zero-order valence-electron chi connectivity index (χ0n) is 14.6. The quantitative estimate of drug-likeness (QED) is 0.272. The molecule has 2 aromatic rings. The average molecular weight is 455 g/mol. The van der Waals surface area contributed by atoms with Crippen LogP contribution in [0.15, 0.2) is 70.8 Å². The van der Waals surface area contributed by atoms with Gasteiger partial charge in [-0.25, -0.2) is 0 Å². The second kappa shape index (κ2) is 12.4. The van der Waals surface area contributed by atoms with E-state index in [2.05, 4.69) is 21.8 Å². The van der Waals surface area contributed by atoms with Gasteiger partial charge in [0.2, 0.25) is 0 Å². The molecule has 0 aliphatic heterocycles. The van der Waals surface area contributed by atoms with Gasteiger partial charge in [0.05, 0.1) is 12.8 Å². The van der Waals surface area contributed by atoms with E-state index in [1.807, 2.05) is 55.6 Å². The first-order valence-corrected chi connectivity index (χ1v) is 8.10. The van der Waals surface area contributed by atoms with E-state index in [4.69, 9.17) is 9.15 Å². The van der Waals surface area contributed by atoms with Crippen LogP contribution < -0.4 is 10.1 Å². The third kappa shape index (κ3) is 8.11. The number of guanidine groups is 1. The second-order valence-corrected chi connectivity index (χ2v) is 5.29. The molecule has 1 heterocycles. The number of ether oxygens (including phenoxy) is 1. The minimum atomic E-state index is 0. The monoisotopic (exact) mass is 455 g/mol. The Labute approximate surface area is 166 Å². The highest BCUT2D eigenvalue weighted by molar-refractivity contribution is 14.0. The minimum absolute atomic E-state index is 0. The number of likely N-dealkylation sites (N-methyl/N-ethyl adjacent to an activating group) is 1. The molecule has 0 saturated heterocycles.